The number of phosphoric acid groups is 1. The lowest BCUT2D eigenvalue weighted by atomic mass is 10.0. The zero-order valence-electron chi connectivity index (χ0n) is 34.9. The zero-order chi connectivity index (χ0) is 40.3. The van der Waals surface area contributed by atoms with Crippen LogP contribution in [-0.2, 0) is 32.7 Å². The van der Waals surface area contributed by atoms with Crippen LogP contribution in [0.3, 0.4) is 0 Å². The van der Waals surface area contributed by atoms with Crippen LogP contribution in [0.2, 0.25) is 0 Å². The van der Waals surface area contributed by atoms with Crippen LogP contribution < -0.4 is 5.73 Å². The molecule has 10 heteroatoms. The van der Waals surface area contributed by atoms with Gasteiger partial charge in [0.05, 0.1) is 13.2 Å². The van der Waals surface area contributed by atoms with E-state index in [4.69, 9.17) is 24.3 Å². The van der Waals surface area contributed by atoms with Crippen molar-refractivity contribution < 1.29 is 37.6 Å². The number of nitrogens with two attached hydrogens (primary N) is 1. The van der Waals surface area contributed by atoms with Gasteiger partial charge in [-0.1, -0.05) is 177 Å². The number of unbranched alkanes of at least 4 members (excludes halogenated alkanes) is 17. The third kappa shape index (κ3) is 41.2. The van der Waals surface area contributed by atoms with E-state index in [0.717, 1.165) is 44.9 Å². The smallest absolute Gasteiger partial charge is 0.462 e. The van der Waals surface area contributed by atoms with E-state index in [0.29, 0.717) is 12.8 Å². The minimum absolute atomic E-state index is 0.0429. The Morgan fingerprint density at radius 1 is 0.545 bits per heavy atom. The zero-order valence-corrected chi connectivity index (χ0v) is 35.8. The molecule has 2 atom stereocenters. The number of hydrogen-bond donors (Lipinski definition) is 2. The predicted molar refractivity (Wildman–Crippen MR) is 229 cm³/mol. The molecule has 55 heavy (non-hydrogen) atoms. The van der Waals surface area contributed by atoms with Gasteiger partial charge in [-0.2, -0.15) is 0 Å². The topological polar surface area (TPSA) is 134 Å². The molecule has 0 amide bonds. The van der Waals surface area contributed by atoms with Gasteiger partial charge >= 0.3 is 19.8 Å². The molecule has 0 aliphatic carbocycles. The molecular formula is C45H80NO8P. The molecule has 0 bridgehead atoms. The van der Waals surface area contributed by atoms with E-state index in [1.54, 1.807) is 0 Å². The standard InChI is InChI=1S/C45H80NO8P/c1-3-5-7-9-11-13-15-17-19-20-21-22-24-25-27-29-31-33-35-37-44(47)51-41-43(42-53-55(49,50)52-40-39-46)54-45(48)38-36-34-32-30-28-26-23-18-16-14-12-10-8-6-4-2/h11,13,17,19,21-22,25,27,31,33,43H,3-10,12,14-16,18,20,23-24,26,28-30,32,34-42,46H2,1-2H3,(H,49,50)/t43-/m1/s1. The van der Waals surface area contributed by atoms with Crippen molar-refractivity contribution in [1.29, 1.82) is 0 Å². The van der Waals surface area contributed by atoms with Crippen LogP contribution in [0, 0.1) is 0 Å². The molecular weight excluding hydrogens is 713 g/mol. The Bertz CT molecular complexity index is 1090. The Morgan fingerprint density at radius 3 is 1.47 bits per heavy atom. The van der Waals surface area contributed by atoms with Crippen LogP contribution in [0.25, 0.3) is 0 Å². The number of ether oxygens (including phenoxy) is 2. The van der Waals surface area contributed by atoms with Gasteiger partial charge in [0.2, 0.25) is 0 Å². The SMILES string of the molecule is CCCCCC=CCC=CCC=CCC=CCC=CCCC(=O)OC[C@H](COP(=O)(O)OCCN)OC(=O)CCCCCCCCCCCCCCCCC. The monoisotopic (exact) mass is 794 g/mol. The summed E-state index contributed by atoms with van der Waals surface area (Å²) in [6.45, 7) is 3.62. The van der Waals surface area contributed by atoms with Gasteiger partial charge in [-0.3, -0.25) is 18.6 Å². The number of hydrogen-bond acceptors (Lipinski definition) is 8. The maximum atomic E-state index is 12.6. The van der Waals surface area contributed by atoms with Gasteiger partial charge in [0.1, 0.15) is 6.61 Å². The summed E-state index contributed by atoms with van der Waals surface area (Å²) in [4.78, 5) is 34.8. The van der Waals surface area contributed by atoms with Crippen LogP contribution in [0.15, 0.2) is 60.8 Å². The summed E-state index contributed by atoms with van der Waals surface area (Å²) in [5, 5.41) is 0. The fourth-order valence-corrected chi connectivity index (χ4v) is 6.44. The van der Waals surface area contributed by atoms with E-state index < -0.39 is 32.5 Å². The molecule has 0 aliphatic rings. The summed E-state index contributed by atoms with van der Waals surface area (Å²) < 4.78 is 32.7. The first kappa shape index (κ1) is 52.7. The summed E-state index contributed by atoms with van der Waals surface area (Å²) in [6, 6.07) is 0. The summed E-state index contributed by atoms with van der Waals surface area (Å²) in [5.74, 6) is -0.924. The lowest BCUT2D eigenvalue weighted by Crippen LogP contribution is -2.29. The highest BCUT2D eigenvalue weighted by Gasteiger charge is 2.25. The van der Waals surface area contributed by atoms with Crippen molar-refractivity contribution in [2.24, 2.45) is 5.73 Å². The minimum atomic E-state index is -4.39. The molecule has 0 aromatic heterocycles. The normalized spacial score (nSPS) is 13.9. The van der Waals surface area contributed by atoms with Crippen molar-refractivity contribution in [2.45, 2.75) is 187 Å². The highest BCUT2D eigenvalue weighted by Crippen LogP contribution is 2.43. The average Bonchev–Trinajstić information content (AvgIpc) is 3.17. The second kappa shape index (κ2) is 41.3. The van der Waals surface area contributed by atoms with Gasteiger partial charge in [0.15, 0.2) is 6.10 Å². The van der Waals surface area contributed by atoms with Gasteiger partial charge in [0, 0.05) is 19.4 Å². The molecule has 0 rings (SSSR count). The summed E-state index contributed by atoms with van der Waals surface area (Å²) in [5.41, 5.74) is 5.34. The maximum Gasteiger partial charge on any atom is 0.472 e. The van der Waals surface area contributed by atoms with Crippen LogP contribution in [0.1, 0.15) is 181 Å². The van der Waals surface area contributed by atoms with E-state index in [-0.39, 0.29) is 32.6 Å². The molecule has 0 aromatic carbocycles. The minimum Gasteiger partial charge on any atom is -0.462 e. The predicted octanol–water partition coefficient (Wildman–Crippen LogP) is 12.5. The van der Waals surface area contributed by atoms with Crippen LogP contribution in [-0.4, -0.2) is 49.3 Å². The molecule has 0 heterocycles. The Labute approximate surface area is 336 Å². The molecule has 1 unspecified atom stereocenters. The van der Waals surface area contributed by atoms with Crippen molar-refractivity contribution in [3.05, 3.63) is 60.8 Å². The van der Waals surface area contributed by atoms with E-state index in [9.17, 15) is 19.0 Å². The average molecular weight is 794 g/mol. The van der Waals surface area contributed by atoms with Crippen molar-refractivity contribution in [3.8, 4) is 0 Å². The molecule has 3 N–H and O–H groups in total. The quantitative estimate of drug-likeness (QED) is 0.0269. The molecule has 0 fully saturated rings. The Hall–Kier alpha value is -2.29. The summed E-state index contributed by atoms with van der Waals surface area (Å²) in [6.07, 6.45) is 48.3. The van der Waals surface area contributed by atoms with Crippen molar-refractivity contribution >= 4 is 19.8 Å². The first-order valence-corrected chi connectivity index (χ1v) is 23.3. The highest BCUT2D eigenvalue weighted by atomic mass is 31.2. The summed E-state index contributed by atoms with van der Waals surface area (Å²) in [7, 11) is -4.39. The molecule has 0 spiro atoms. The van der Waals surface area contributed by atoms with E-state index in [2.05, 4.69) is 62.5 Å². The first-order valence-electron chi connectivity index (χ1n) is 21.8. The number of carbonyl (C=O) groups excluding carboxylic acids is 2. The van der Waals surface area contributed by atoms with Crippen LogP contribution >= 0.6 is 7.82 Å². The van der Waals surface area contributed by atoms with Gasteiger partial charge in [-0.05, 0) is 51.4 Å². The van der Waals surface area contributed by atoms with E-state index >= 15 is 0 Å². The van der Waals surface area contributed by atoms with Crippen molar-refractivity contribution in [3.63, 3.8) is 0 Å². The second-order valence-electron chi connectivity index (χ2n) is 14.2. The van der Waals surface area contributed by atoms with Gasteiger partial charge in [-0.25, -0.2) is 4.57 Å². The van der Waals surface area contributed by atoms with Crippen LogP contribution in [0.4, 0.5) is 0 Å². The van der Waals surface area contributed by atoms with Crippen LogP contribution in [0.5, 0.6) is 0 Å². The van der Waals surface area contributed by atoms with E-state index in [1.807, 2.05) is 12.2 Å². The van der Waals surface area contributed by atoms with Gasteiger partial charge < -0.3 is 20.1 Å². The highest BCUT2D eigenvalue weighted by molar-refractivity contribution is 7.47. The Morgan fingerprint density at radius 2 is 0.982 bits per heavy atom. The molecule has 0 aliphatic heterocycles. The largest absolute Gasteiger partial charge is 0.472 e. The Kier molecular flexibility index (Phi) is 39.6. The molecule has 318 valence electrons. The molecule has 0 saturated heterocycles. The lowest BCUT2D eigenvalue weighted by Gasteiger charge is -2.19. The van der Waals surface area contributed by atoms with Gasteiger partial charge in [-0.15, -0.1) is 0 Å². The lowest BCUT2D eigenvalue weighted by molar-refractivity contribution is -0.161. The van der Waals surface area contributed by atoms with Gasteiger partial charge in [0.25, 0.3) is 0 Å². The fourth-order valence-electron chi connectivity index (χ4n) is 5.68. The fraction of sp³-hybridized carbons (Fsp3) is 0.733. The molecule has 0 aromatic rings. The van der Waals surface area contributed by atoms with E-state index in [1.165, 1.54) is 96.3 Å². The summed E-state index contributed by atoms with van der Waals surface area (Å²) >= 11 is 0. The number of allylic oxidation sites excluding steroid dienone is 10. The Balaban J connectivity index is 4.27. The number of rotatable bonds is 40. The number of esters is 2. The molecule has 9 nitrogen and oxygen atoms in total. The number of phosphoric ester groups is 1. The first-order chi connectivity index (χ1) is 26.8. The third-order valence-corrected chi connectivity index (χ3v) is 9.90. The molecule has 0 saturated carbocycles. The second-order valence-corrected chi connectivity index (χ2v) is 15.7. The molecule has 0 radical (unpaired) electrons. The third-order valence-electron chi connectivity index (χ3n) is 8.92. The maximum absolute atomic E-state index is 12.6. The van der Waals surface area contributed by atoms with Crippen molar-refractivity contribution in [2.75, 3.05) is 26.4 Å². The van der Waals surface area contributed by atoms with Crippen molar-refractivity contribution in [1.82, 2.24) is 0 Å². The number of carbonyl (C=O) groups is 2.